The Balaban J connectivity index is 1.35. The first-order valence-electron chi connectivity index (χ1n) is 10.9. The SMILES string of the molecule is O=C1NC(=O)N(C2CCCCC2)C(=O)C1=Cc1ccc(N2Cc3ccccc3C2)cc1. The van der Waals surface area contributed by atoms with Crippen molar-refractivity contribution >= 4 is 29.6 Å². The number of amides is 4. The summed E-state index contributed by atoms with van der Waals surface area (Å²) in [5, 5.41) is 2.34. The Hall–Kier alpha value is -3.41. The molecule has 1 saturated carbocycles. The van der Waals surface area contributed by atoms with Crippen molar-refractivity contribution in [1.82, 2.24) is 10.2 Å². The first-order valence-corrected chi connectivity index (χ1v) is 10.9. The van der Waals surface area contributed by atoms with Gasteiger partial charge in [-0.3, -0.25) is 19.8 Å². The molecule has 0 unspecified atom stereocenters. The number of nitrogens with zero attached hydrogens (tertiary/aromatic N) is 2. The molecular weight excluding hydrogens is 390 g/mol. The summed E-state index contributed by atoms with van der Waals surface area (Å²) in [6.45, 7) is 1.74. The summed E-state index contributed by atoms with van der Waals surface area (Å²) in [5.41, 5.74) is 4.55. The number of carbonyl (C=O) groups excluding carboxylic acids is 3. The van der Waals surface area contributed by atoms with Gasteiger partial charge in [0.25, 0.3) is 11.8 Å². The van der Waals surface area contributed by atoms with Crippen LogP contribution in [0.2, 0.25) is 0 Å². The van der Waals surface area contributed by atoms with Gasteiger partial charge >= 0.3 is 6.03 Å². The van der Waals surface area contributed by atoms with Crippen LogP contribution in [0.5, 0.6) is 0 Å². The number of hydrogen-bond donors (Lipinski definition) is 1. The predicted molar refractivity (Wildman–Crippen MR) is 118 cm³/mol. The van der Waals surface area contributed by atoms with Crippen molar-refractivity contribution in [2.75, 3.05) is 4.90 Å². The maximum atomic E-state index is 13.0. The highest BCUT2D eigenvalue weighted by Gasteiger charge is 2.40. The van der Waals surface area contributed by atoms with Gasteiger partial charge in [-0.2, -0.15) is 0 Å². The highest BCUT2D eigenvalue weighted by atomic mass is 16.2. The fourth-order valence-electron chi connectivity index (χ4n) is 4.81. The number of barbiturate groups is 1. The molecule has 2 fully saturated rings. The zero-order valence-corrected chi connectivity index (χ0v) is 17.3. The lowest BCUT2D eigenvalue weighted by atomic mass is 9.93. The molecule has 31 heavy (non-hydrogen) atoms. The van der Waals surface area contributed by atoms with Crippen LogP contribution < -0.4 is 10.2 Å². The Labute approximate surface area is 181 Å². The first kappa shape index (κ1) is 19.5. The lowest BCUT2D eigenvalue weighted by Crippen LogP contribution is -2.58. The molecule has 0 spiro atoms. The second-order valence-corrected chi connectivity index (χ2v) is 8.50. The molecule has 0 atom stereocenters. The fraction of sp³-hybridized carbons (Fsp3) is 0.320. The third kappa shape index (κ3) is 3.74. The van der Waals surface area contributed by atoms with E-state index in [1.165, 1.54) is 16.0 Å². The standard InChI is InChI=1S/C25H25N3O3/c29-23-22(24(30)28(25(31)26-23)21-8-2-1-3-9-21)14-17-10-12-20(13-11-17)27-15-18-6-4-5-7-19(18)16-27/h4-7,10-14,21H,1-3,8-9,15-16H2,(H,26,29,31). The van der Waals surface area contributed by atoms with Crippen LogP contribution in [0.1, 0.15) is 48.8 Å². The molecule has 1 saturated heterocycles. The molecule has 4 amide bonds. The van der Waals surface area contributed by atoms with Gasteiger partial charge < -0.3 is 4.90 Å². The van der Waals surface area contributed by atoms with E-state index in [2.05, 4.69) is 34.5 Å². The Kier molecular flexibility index (Phi) is 5.06. The average Bonchev–Trinajstić information content (AvgIpc) is 3.22. The second kappa shape index (κ2) is 8.02. The van der Waals surface area contributed by atoms with Crippen LogP contribution in [0, 0.1) is 0 Å². The van der Waals surface area contributed by atoms with Crippen molar-refractivity contribution in [3.63, 3.8) is 0 Å². The van der Waals surface area contributed by atoms with Gasteiger partial charge in [0.05, 0.1) is 0 Å². The molecule has 6 heteroatoms. The molecule has 0 bridgehead atoms. The Morgan fingerprint density at radius 2 is 1.48 bits per heavy atom. The molecule has 0 aromatic heterocycles. The van der Waals surface area contributed by atoms with Gasteiger partial charge in [-0.15, -0.1) is 0 Å². The van der Waals surface area contributed by atoms with Crippen molar-refractivity contribution in [2.24, 2.45) is 0 Å². The minimum absolute atomic E-state index is 0.0199. The summed E-state index contributed by atoms with van der Waals surface area (Å²) >= 11 is 0. The number of rotatable bonds is 3. The summed E-state index contributed by atoms with van der Waals surface area (Å²) in [4.78, 5) is 41.3. The van der Waals surface area contributed by atoms with Gasteiger partial charge in [0.2, 0.25) is 0 Å². The average molecular weight is 415 g/mol. The van der Waals surface area contributed by atoms with Crippen molar-refractivity contribution in [2.45, 2.75) is 51.2 Å². The molecule has 6 nitrogen and oxygen atoms in total. The number of benzene rings is 2. The molecular formula is C25H25N3O3. The number of carbonyl (C=O) groups is 3. The van der Waals surface area contributed by atoms with E-state index in [9.17, 15) is 14.4 Å². The summed E-state index contributed by atoms with van der Waals surface area (Å²) in [6, 6.07) is 15.5. The largest absolute Gasteiger partial charge is 0.363 e. The maximum Gasteiger partial charge on any atom is 0.331 e. The first-order chi connectivity index (χ1) is 15.1. The monoisotopic (exact) mass is 415 g/mol. The number of imide groups is 2. The molecule has 2 aromatic carbocycles. The van der Waals surface area contributed by atoms with Crippen molar-refractivity contribution in [1.29, 1.82) is 0 Å². The van der Waals surface area contributed by atoms with Gasteiger partial charge in [-0.1, -0.05) is 55.7 Å². The van der Waals surface area contributed by atoms with E-state index >= 15 is 0 Å². The lowest BCUT2D eigenvalue weighted by Gasteiger charge is -2.35. The van der Waals surface area contributed by atoms with Crippen LogP contribution in [0.25, 0.3) is 6.08 Å². The third-order valence-electron chi connectivity index (χ3n) is 6.48. The Morgan fingerprint density at radius 3 is 2.13 bits per heavy atom. The summed E-state index contributed by atoms with van der Waals surface area (Å²) < 4.78 is 0. The Bertz CT molecular complexity index is 1040. The molecule has 2 aliphatic heterocycles. The summed E-state index contributed by atoms with van der Waals surface area (Å²) in [5.74, 6) is -1.11. The van der Waals surface area contributed by atoms with Gasteiger partial charge in [0.15, 0.2) is 0 Å². The number of nitrogens with one attached hydrogen (secondary N) is 1. The van der Waals surface area contributed by atoms with Crippen molar-refractivity contribution in [3.8, 4) is 0 Å². The van der Waals surface area contributed by atoms with Crippen LogP contribution in [-0.4, -0.2) is 28.8 Å². The Morgan fingerprint density at radius 1 is 0.839 bits per heavy atom. The van der Waals surface area contributed by atoms with E-state index in [1.807, 2.05) is 24.3 Å². The minimum atomic E-state index is -0.624. The summed E-state index contributed by atoms with van der Waals surface area (Å²) in [7, 11) is 0. The number of urea groups is 1. The van der Waals surface area contributed by atoms with Gasteiger partial charge in [-0.05, 0) is 47.7 Å². The summed E-state index contributed by atoms with van der Waals surface area (Å²) in [6.07, 6.45) is 6.30. The van der Waals surface area contributed by atoms with Crippen LogP contribution in [0.15, 0.2) is 54.1 Å². The highest BCUT2D eigenvalue weighted by Crippen LogP contribution is 2.29. The van der Waals surface area contributed by atoms with E-state index in [4.69, 9.17) is 0 Å². The predicted octanol–water partition coefficient (Wildman–Crippen LogP) is 4.00. The normalized spacial score (nSPS) is 20.9. The molecule has 2 heterocycles. The lowest BCUT2D eigenvalue weighted by molar-refractivity contribution is -0.132. The van der Waals surface area contributed by atoms with E-state index in [0.29, 0.717) is 0 Å². The van der Waals surface area contributed by atoms with Crippen molar-refractivity contribution in [3.05, 3.63) is 70.8 Å². The topological polar surface area (TPSA) is 69.7 Å². The van der Waals surface area contributed by atoms with Gasteiger partial charge in [0.1, 0.15) is 5.57 Å². The van der Waals surface area contributed by atoms with Gasteiger partial charge in [-0.25, -0.2) is 4.79 Å². The molecule has 3 aliphatic rings. The van der Waals surface area contributed by atoms with Crippen LogP contribution in [0.4, 0.5) is 10.5 Å². The molecule has 5 rings (SSSR count). The second-order valence-electron chi connectivity index (χ2n) is 8.50. The molecule has 2 aromatic rings. The number of hydrogen-bond acceptors (Lipinski definition) is 4. The molecule has 1 N–H and O–H groups in total. The molecule has 1 aliphatic carbocycles. The van der Waals surface area contributed by atoms with Gasteiger partial charge in [0, 0.05) is 24.8 Å². The van der Waals surface area contributed by atoms with E-state index < -0.39 is 17.8 Å². The molecule has 158 valence electrons. The number of fused-ring (bicyclic) bond motifs is 1. The zero-order valence-electron chi connectivity index (χ0n) is 17.3. The quantitative estimate of drug-likeness (QED) is 0.608. The van der Waals surface area contributed by atoms with Crippen LogP contribution >= 0.6 is 0 Å². The van der Waals surface area contributed by atoms with Crippen LogP contribution in [0.3, 0.4) is 0 Å². The van der Waals surface area contributed by atoms with Crippen molar-refractivity contribution < 1.29 is 14.4 Å². The minimum Gasteiger partial charge on any atom is -0.363 e. The van der Waals surface area contributed by atoms with Crippen LogP contribution in [-0.2, 0) is 22.7 Å². The van der Waals surface area contributed by atoms with E-state index in [-0.39, 0.29) is 11.6 Å². The fourth-order valence-corrected chi connectivity index (χ4v) is 4.81. The highest BCUT2D eigenvalue weighted by molar-refractivity contribution is 6.31. The molecule has 0 radical (unpaired) electrons. The third-order valence-corrected chi connectivity index (χ3v) is 6.48. The maximum absolute atomic E-state index is 13.0. The zero-order chi connectivity index (χ0) is 21.4. The smallest absolute Gasteiger partial charge is 0.331 e. The van der Waals surface area contributed by atoms with E-state index in [1.54, 1.807) is 6.08 Å². The van der Waals surface area contributed by atoms with E-state index in [0.717, 1.165) is 56.4 Å². The number of anilines is 1.